The van der Waals surface area contributed by atoms with E-state index in [1.807, 2.05) is 0 Å². The van der Waals surface area contributed by atoms with Gasteiger partial charge in [-0.2, -0.15) is 12.6 Å². The molecule has 3 amide bonds. The molecule has 0 fully saturated rings. The minimum atomic E-state index is -1.38. The number of rotatable bonds is 17. The van der Waals surface area contributed by atoms with Gasteiger partial charge < -0.3 is 36.6 Å². The molecule has 0 aromatic heterocycles. The molecule has 3 atom stereocenters. The zero-order valence-electron chi connectivity index (χ0n) is 18.6. The molecule has 7 N–H and O–H groups in total. The Balaban J connectivity index is 2.79. The normalized spacial score (nSPS) is 13.1. The minimum Gasteiger partial charge on any atom is -0.481 e. The number of benzene rings is 1. The molecule has 0 spiro atoms. The highest BCUT2D eigenvalue weighted by Crippen LogP contribution is 2.06. The number of carboxylic acids is 3. The maximum atomic E-state index is 12.4. The fraction of sp³-hybridized carbons (Fsp3) is 0.429. The number of carbonyl (C=O) groups is 6. The van der Waals surface area contributed by atoms with E-state index in [0.717, 1.165) is 5.56 Å². The molecule has 14 heteroatoms. The highest BCUT2D eigenvalue weighted by molar-refractivity contribution is 7.80. The van der Waals surface area contributed by atoms with E-state index in [2.05, 4.69) is 33.9 Å². The molecular formula is C21H28N4O9S. The molecule has 0 aliphatic carbocycles. The van der Waals surface area contributed by atoms with E-state index in [0.29, 0.717) is 18.5 Å². The maximum Gasteiger partial charge on any atom is 0.327 e. The summed E-state index contributed by atoms with van der Waals surface area (Å²) in [7, 11) is 0. The quantitative estimate of drug-likeness (QED) is 0.0881. The molecule has 1 rings (SSSR count). The van der Waals surface area contributed by atoms with Crippen LogP contribution in [0.3, 0.4) is 0 Å². The van der Waals surface area contributed by atoms with E-state index in [9.17, 15) is 28.8 Å². The molecule has 0 radical (unpaired) electrons. The van der Waals surface area contributed by atoms with E-state index in [4.69, 9.17) is 15.3 Å². The van der Waals surface area contributed by atoms with Gasteiger partial charge in [-0.15, -0.1) is 0 Å². The monoisotopic (exact) mass is 512 g/mol. The summed E-state index contributed by atoms with van der Waals surface area (Å²) in [5.41, 5.74) is 1.45. The van der Waals surface area contributed by atoms with Gasteiger partial charge in [0.15, 0.2) is 0 Å². The zero-order chi connectivity index (χ0) is 26.4. The van der Waals surface area contributed by atoms with Crippen molar-refractivity contribution in [2.24, 2.45) is 0 Å². The first-order chi connectivity index (χ1) is 16.5. The molecule has 0 saturated heterocycles. The summed E-state index contributed by atoms with van der Waals surface area (Å²) in [5, 5.41) is 37.1. The third-order valence-corrected chi connectivity index (χ3v) is 5.03. The van der Waals surface area contributed by atoms with E-state index >= 15 is 0 Å². The van der Waals surface area contributed by atoms with E-state index in [-0.39, 0.29) is 18.7 Å². The van der Waals surface area contributed by atoms with Crippen LogP contribution in [0.15, 0.2) is 24.3 Å². The Kier molecular flexibility index (Phi) is 12.8. The van der Waals surface area contributed by atoms with Crippen molar-refractivity contribution >= 4 is 48.8 Å². The highest BCUT2D eigenvalue weighted by Gasteiger charge is 2.27. The van der Waals surface area contributed by atoms with Crippen LogP contribution in [0.5, 0.6) is 0 Å². The fourth-order valence-corrected chi connectivity index (χ4v) is 3.21. The molecular weight excluding hydrogens is 484 g/mol. The number of carbonyl (C=O) groups excluding carboxylic acids is 3. The van der Waals surface area contributed by atoms with Gasteiger partial charge in [-0.3, -0.25) is 24.0 Å². The van der Waals surface area contributed by atoms with Crippen molar-refractivity contribution in [2.45, 2.75) is 43.9 Å². The first-order valence-corrected chi connectivity index (χ1v) is 11.0. The second kappa shape index (κ2) is 15.3. The molecule has 192 valence electrons. The summed E-state index contributed by atoms with van der Waals surface area (Å²) in [5.74, 6) is -5.58. The number of thiol groups is 1. The molecule has 0 aliphatic heterocycles. The smallest absolute Gasteiger partial charge is 0.327 e. The summed E-state index contributed by atoms with van der Waals surface area (Å²) in [6.07, 6.45) is -0.721. The van der Waals surface area contributed by atoms with Crippen LogP contribution in [0.4, 0.5) is 0 Å². The van der Waals surface area contributed by atoms with Crippen molar-refractivity contribution in [1.82, 2.24) is 21.3 Å². The van der Waals surface area contributed by atoms with Gasteiger partial charge in [-0.05, 0) is 11.1 Å². The van der Waals surface area contributed by atoms with Gasteiger partial charge in [-0.1, -0.05) is 24.3 Å². The topological polar surface area (TPSA) is 211 Å². The maximum absolute atomic E-state index is 12.4. The lowest BCUT2D eigenvalue weighted by Gasteiger charge is -2.23. The summed E-state index contributed by atoms with van der Waals surface area (Å²) in [4.78, 5) is 68.7. The van der Waals surface area contributed by atoms with Crippen LogP contribution in [0.1, 0.15) is 24.0 Å². The fourth-order valence-electron chi connectivity index (χ4n) is 2.96. The van der Waals surface area contributed by atoms with Crippen molar-refractivity contribution in [3.63, 3.8) is 0 Å². The Morgan fingerprint density at radius 2 is 1.49 bits per heavy atom. The third-order valence-electron chi connectivity index (χ3n) is 4.67. The predicted octanol–water partition coefficient (Wildman–Crippen LogP) is -1.63. The Morgan fingerprint density at radius 1 is 0.886 bits per heavy atom. The molecule has 1 aromatic rings. The first-order valence-electron chi connectivity index (χ1n) is 10.4. The second-order valence-corrected chi connectivity index (χ2v) is 7.86. The van der Waals surface area contributed by atoms with Crippen molar-refractivity contribution in [1.29, 1.82) is 0 Å². The molecule has 0 heterocycles. The molecule has 0 saturated carbocycles. The number of carboxylic acid groups (broad SMARTS) is 3. The standard InChI is InChI=1S/C21H28N4O9S/c26-11-22-8-13-3-1-12(2-4-13)5-17(27)24-14(6-18(28)29)9-23-15(7-19(30)31)20(32)25-16(10-35)21(33)34/h1-4,11,14-16,23,35H,5-10H2,(H,22,26)(H,24,27)(H,25,32)(H,28,29)(H,30,31)(H,33,34)/t14-,15-,16+/m1/s1. The lowest BCUT2D eigenvalue weighted by atomic mass is 10.1. The van der Waals surface area contributed by atoms with Crippen LogP contribution in [0.2, 0.25) is 0 Å². The van der Waals surface area contributed by atoms with Gasteiger partial charge in [0, 0.05) is 18.8 Å². The molecule has 1 aromatic carbocycles. The molecule has 35 heavy (non-hydrogen) atoms. The average Bonchev–Trinajstić information content (AvgIpc) is 2.78. The summed E-state index contributed by atoms with van der Waals surface area (Å²) >= 11 is 3.83. The van der Waals surface area contributed by atoms with Gasteiger partial charge in [0.2, 0.25) is 18.2 Å². The zero-order valence-corrected chi connectivity index (χ0v) is 19.5. The number of aliphatic carboxylic acids is 3. The van der Waals surface area contributed by atoms with Crippen LogP contribution < -0.4 is 21.3 Å². The number of hydrogen-bond donors (Lipinski definition) is 8. The molecule has 0 aliphatic rings. The van der Waals surface area contributed by atoms with Crippen molar-refractivity contribution in [3.8, 4) is 0 Å². The average molecular weight is 513 g/mol. The Labute approximate surface area is 206 Å². The van der Waals surface area contributed by atoms with E-state index in [1.54, 1.807) is 24.3 Å². The summed E-state index contributed by atoms with van der Waals surface area (Å²) < 4.78 is 0. The number of nitrogens with one attached hydrogen (secondary N) is 4. The second-order valence-electron chi connectivity index (χ2n) is 7.50. The van der Waals surface area contributed by atoms with Gasteiger partial charge >= 0.3 is 17.9 Å². The van der Waals surface area contributed by atoms with Gasteiger partial charge in [-0.25, -0.2) is 4.79 Å². The summed E-state index contributed by atoms with van der Waals surface area (Å²) in [6, 6.07) is 3.09. The lowest BCUT2D eigenvalue weighted by Crippen LogP contribution is -2.54. The lowest BCUT2D eigenvalue weighted by molar-refractivity contribution is -0.143. The Bertz CT molecular complexity index is 911. The van der Waals surface area contributed by atoms with Crippen molar-refractivity contribution in [3.05, 3.63) is 35.4 Å². The van der Waals surface area contributed by atoms with E-state index < -0.39 is 60.7 Å². The first kappa shape index (κ1) is 29.4. The van der Waals surface area contributed by atoms with E-state index in [1.165, 1.54) is 0 Å². The van der Waals surface area contributed by atoms with Crippen molar-refractivity contribution in [2.75, 3.05) is 12.3 Å². The van der Waals surface area contributed by atoms with Crippen LogP contribution in [-0.4, -0.2) is 81.9 Å². The Morgan fingerprint density at radius 3 is 2.00 bits per heavy atom. The minimum absolute atomic E-state index is 0.0707. The molecule has 0 bridgehead atoms. The third kappa shape index (κ3) is 11.9. The SMILES string of the molecule is O=CNCc1ccc(CC(=O)N[C@@H](CN[C@H](CC(=O)O)C(=O)N[C@@H](CS)C(=O)O)CC(=O)O)cc1. The van der Waals surface area contributed by atoms with Crippen molar-refractivity contribution < 1.29 is 44.1 Å². The predicted molar refractivity (Wildman–Crippen MR) is 125 cm³/mol. The number of amides is 3. The van der Waals surface area contributed by atoms with Gasteiger partial charge in [0.1, 0.15) is 6.04 Å². The largest absolute Gasteiger partial charge is 0.481 e. The highest BCUT2D eigenvalue weighted by atomic mass is 32.1. The Hall–Kier alpha value is -3.65. The van der Waals surface area contributed by atoms with Crippen LogP contribution in [-0.2, 0) is 41.7 Å². The van der Waals surface area contributed by atoms with Gasteiger partial charge in [0.25, 0.3) is 0 Å². The van der Waals surface area contributed by atoms with Gasteiger partial charge in [0.05, 0.1) is 31.3 Å². The van der Waals surface area contributed by atoms with Crippen LogP contribution >= 0.6 is 12.6 Å². The number of hydrogen-bond acceptors (Lipinski definition) is 8. The summed E-state index contributed by atoms with van der Waals surface area (Å²) in [6.45, 7) is 0.0624. The van der Waals surface area contributed by atoms with Crippen LogP contribution in [0, 0.1) is 0 Å². The van der Waals surface area contributed by atoms with Crippen LogP contribution in [0.25, 0.3) is 0 Å². The molecule has 0 unspecified atom stereocenters. The molecule has 13 nitrogen and oxygen atoms in total.